The van der Waals surface area contributed by atoms with E-state index in [2.05, 4.69) is 107 Å². The number of nitrogens with zero attached hydrogens (tertiary/aromatic N) is 4. The Hall–Kier alpha value is -6.62. The first kappa shape index (κ1) is 27.0. The van der Waals surface area contributed by atoms with E-state index in [9.17, 15) is 10.5 Å². The summed E-state index contributed by atoms with van der Waals surface area (Å²) in [6.07, 6.45) is 3.36. The largest absolute Gasteiger partial charge is 0.256 e. The van der Waals surface area contributed by atoms with E-state index in [1.54, 1.807) is 24.5 Å². The average molecular weight is 585 g/mol. The molecule has 0 fully saturated rings. The summed E-state index contributed by atoms with van der Waals surface area (Å²) < 4.78 is 0. The fraction of sp³-hybridized carbons (Fsp3) is 0. The van der Waals surface area contributed by atoms with Crippen molar-refractivity contribution in [3.05, 3.63) is 157 Å². The number of pyridine rings is 2. The molecule has 0 amide bonds. The Labute approximate surface area is 266 Å². The lowest BCUT2D eigenvalue weighted by Gasteiger charge is -2.14. The Balaban J connectivity index is 1.25. The van der Waals surface area contributed by atoms with Crippen molar-refractivity contribution in [2.45, 2.75) is 0 Å². The van der Waals surface area contributed by atoms with E-state index >= 15 is 0 Å². The van der Waals surface area contributed by atoms with Crippen LogP contribution in [-0.4, -0.2) is 9.97 Å². The second kappa shape index (κ2) is 11.1. The minimum atomic E-state index is 0.595. The summed E-state index contributed by atoms with van der Waals surface area (Å²) in [6, 6.07) is 50.2. The molecule has 0 saturated carbocycles. The van der Waals surface area contributed by atoms with E-state index < -0.39 is 0 Å². The van der Waals surface area contributed by atoms with Crippen LogP contribution < -0.4 is 0 Å². The number of nitriles is 2. The van der Waals surface area contributed by atoms with Gasteiger partial charge in [0.1, 0.15) is 0 Å². The van der Waals surface area contributed by atoms with Crippen LogP contribution in [0.2, 0.25) is 0 Å². The molecular weight excluding hydrogens is 560 g/mol. The molecule has 2 aromatic heterocycles. The van der Waals surface area contributed by atoms with Crippen LogP contribution in [0.25, 0.3) is 77.1 Å². The molecule has 8 aromatic rings. The molecule has 0 spiro atoms. The molecule has 4 heteroatoms. The number of hydrogen-bond donors (Lipinski definition) is 0. The zero-order valence-corrected chi connectivity index (χ0v) is 24.6. The van der Waals surface area contributed by atoms with Crippen molar-refractivity contribution >= 4 is 32.3 Å². The molecule has 0 aliphatic heterocycles. The van der Waals surface area contributed by atoms with Gasteiger partial charge in [-0.05, 0) is 103 Å². The van der Waals surface area contributed by atoms with Gasteiger partial charge >= 0.3 is 0 Å². The molecule has 0 bridgehead atoms. The highest BCUT2D eigenvalue weighted by molar-refractivity contribution is 6.26. The van der Waals surface area contributed by atoms with Crippen molar-refractivity contribution < 1.29 is 0 Å². The van der Waals surface area contributed by atoms with Gasteiger partial charge in [0.05, 0.1) is 34.7 Å². The highest BCUT2D eigenvalue weighted by Gasteiger charge is 2.13. The second-order valence-electron chi connectivity index (χ2n) is 11.3. The van der Waals surface area contributed by atoms with Gasteiger partial charge in [-0.15, -0.1) is 0 Å². The lowest BCUT2D eigenvalue weighted by molar-refractivity contribution is 1.31. The van der Waals surface area contributed by atoms with E-state index in [1.165, 1.54) is 32.3 Å². The van der Waals surface area contributed by atoms with Gasteiger partial charge < -0.3 is 0 Å². The molecule has 0 radical (unpaired) electrons. The summed E-state index contributed by atoms with van der Waals surface area (Å²) in [6.45, 7) is 0. The van der Waals surface area contributed by atoms with Gasteiger partial charge in [0.25, 0.3) is 0 Å². The normalized spacial score (nSPS) is 11.0. The third kappa shape index (κ3) is 4.72. The van der Waals surface area contributed by atoms with Crippen molar-refractivity contribution in [3.8, 4) is 56.9 Å². The van der Waals surface area contributed by atoms with E-state index in [4.69, 9.17) is 0 Å². The Morgan fingerprint density at radius 3 is 1.22 bits per heavy atom. The number of rotatable bonds is 4. The highest BCUT2D eigenvalue weighted by Crippen LogP contribution is 2.39. The minimum Gasteiger partial charge on any atom is -0.256 e. The monoisotopic (exact) mass is 584 g/mol. The zero-order valence-electron chi connectivity index (χ0n) is 24.6. The van der Waals surface area contributed by atoms with Gasteiger partial charge in [-0.1, -0.05) is 84.9 Å². The number of aromatic nitrogens is 2. The van der Waals surface area contributed by atoms with Crippen molar-refractivity contribution in [1.82, 2.24) is 9.97 Å². The van der Waals surface area contributed by atoms with Gasteiger partial charge in [0.2, 0.25) is 0 Å². The van der Waals surface area contributed by atoms with E-state index in [1.807, 2.05) is 36.4 Å². The van der Waals surface area contributed by atoms with E-state index in [0.717, 1.165) is 44.8 Å². The van der Waals surface area contributed by atoms with Gasteiger partial charge in [0.15, 0.2) is 0 Å². The molecule has 212 valence electrons. The Bertz CT molecular complexity index is 2370. The van der Waals surface area contributed by atoms with Gasteiger partial charge in [0, 0.05) is 23.5 Å². The molecule has 6 aromatic carbocycles. The van der Waals surface area contributed by atoms with Crippen molar-refractivity contribution in [2.24, 2.45) is 0 Å². The summed E-state index contributed by atoms with van der Waals surface area (Å²) in [5.41, 5.74) is 9.14. The first-order valence-electron chi connectivity index (χ1n) is 15.0. The van der Waals surface area contributed by atoms with Gasteiger partial charge in [-0.25, -0.2) is 0 Å². The summed E-state index contributed by atoms with van der Waals surface area (Å²) in [4.78, 5) is 9.02. The Morgan fingerprint density at radius 1 is 0.348 bits per heavy atom. The van der Waals surface area contributed by atoms with E-state index in [0.29, 0.717) is 11.1 Å². The lowest BCUT2D eigenvalue weighted by Crippen LogP contribution is -1.88. The Kier molecular flexibility index (Phi) is 6.53. The molecule has 0 aliphatic rings. The second-order valence-corrected chi connectivity index (χ2v) is 11.3. The summed E-state index contributed by atoms with van der Waals surface area (Å²) >= 11 is 0. The molecule has 0 N–H and O–H groups in total. The molecule has 0 saturated heterocycles. The molecule has 8 rings (SSSR count). The van der Waals surface area contributed by atoms with Crippen LogP contribution in [0.5, 0.6) is 0 Å². The predicted octanol–water partition coefficient (Wildman–Crippen LogP) is 10.3. The van der Waals surface area contributed by atoms with Crippen LogP contribution in [-0.2, 0) is 0 Å². The van der Waals surface area contributed by atoms with Crippen LogP contribution >= 0.6 is 0 Å². The van der Waals surface area contributed by atoms with Crippen LogP contribution in [0, 0.1) is 22.7 Å². The molecule has 0 aliphatic carbocycles. The first-order valence-corrected chi connectivity index (χ1v) is 15.0. The maximum absolute atomic E-state index is 9.36. The summed E-state index contributed by atoms with van der Waals surface area (Å²) in [5, 5.41) is 25.9. The fourth-order valence-electron chi connectivity index (χ4n) is 6.35. The fourth-order valence-corrected chi connectivity index (χ4v) is 6.35. The third-order valence-electron chi connectivity index (χ3n) is 8.60. The standard InChI is InChI=1S/C42H24N4/c43-25-27-15-17-45-41(19-27)33-7-3-5-29(21-33)31-11-13-37-38-14-12-32(24-40(38)36-10-2-1-9-35(36)39(37)23-31)30-6-4-8-34(22-30)42-20-28(26-44)16-18-46-42/h1-24H. The zero-order chi connectivity index (χ0) is 31.0. The Morgan fingerprint density at radius 2 is 0.761 bits per heavy atom. The quantitative estimate of drug-likeness (QED) is 0.193. The molecule has 2 heterocycles. The predicted molar refractivity (Wildman–Crippen MR) is 186 cm³/mol. The molecule has 4 nitrogen and oxygen atoms in total. The van der Waals surface area contributed by atoms with Crippen molar-refractivity contribution in [3.63, 3.8) is 0 Å². The summed E-state index contributed by atoms with van der Waals surface area (Å²) in [7, 11) is 0. The van der Waals surface area contributed by atoms with Crippen molar-refractivity contribution in [2.75, 3.05) is 0 Å². The van der Waals surface area contributed by atoms with Crippen LogP contribution in [0.1, 0.15) is 11.1 Å². The van der Waals surface area contributed by atoms with Gasteiger partial charge in [-0.2, -0.15) is 10.5 Å². The summed E-state index contributed by atoms with van der Waals surface area (Å²) in [5.74, 6) is 0. The SMILES string of the molecule is N#Cc1ccnc(-c2cccc(-c3ccc4c5ccc(-c6cccc(-c7cc(C#N)ccn7)c6)cc5c5ccccc5c4c3)c2)c1. The number of hydrogen-bond acceptors (Lipinski definition) is 4. The van der Waals surface area contributed by atoms with Crippen LogP contribution in [0.15, 0.2) is 146 Å². The molecule has 0 unspecified atom stereocenters. The maximum atomic E-state index is 9.36. The number of benzene rings is 6. The molecular formula is C42H24N4. The molecule has 0 atom stereocenters. The van der Waals surface area contributed by atoms with E-state index in [-0.39, 0.29) is 0 Å². The van der Waals surface area contributed by atoms with Gasteiger partial charge in [-0.3, -0.25) is 9.97 Å². The lowest BCUT2D eigenvalue weighted by atomic mass is 9.90. The topological polar surface area (TPSA) is 73.4 Å². The van der Waals surface area contributed by atoms with Crippen LogP contribution in [0.4, 0.5) is 0 Å². The first-order chi connectivity index (χ1) is 22.7. The highest BCUT2D eigenvalue weighted by atomic mass is 14.7. The number of fused-ring (bicyclic) bond motifs is 6. The minimum absolute atomic E-state index is 0.595. The van der Waals surface area contributed by atoms with Crippen LogP contribution in [0.3, 0.4) is 0 Å². The van der Waals surface area contributed by atoms with Crippen molar-refractivity contribution in [1.29, 1.82) is 10.5 Å². The molecule has 46 heavy (non-hydrogen) atoms. The average Bonchev–Trinajstić information content (AvgIpc) is 3.14. The smallest absolute Gasteiger partial charge is 0.0992 e. The maximum Gasteiger partial charge on any atom is 0.0992 e. The third-order valence-corrected chi connectivity index (χ3v) is 8.60.